The second kappa shape index (κ2) is 9.06. The van der Waals surface area contributed by atoms with E-state index >= 15 is 0 Å². The molecule has 0 aromatic carbocycles. The number of pyridine rings is 1. The number of piperidine rings is 1. The molecule has 1 saturated heterocycles. The van der Waals surface area contributed by atoms with Gasteiger partial charge in [0.15, 0.2) is 5.76 Å². The van der Waals surface area contributed by atoms with E-state index in [0.717, 1.165) is 47.9 Å². The highest BCUT2D eigenvalue weighted by molar-refractivity contribution is 7.18. The minimum absolute atomic E-state index is 0.161. The van der Waals surface area contributed by atoms with Gasteiger partial charge in [-0.05, 0) is 55.2 Å². The van der Waals surface area contributed by atoms with Crippen LogP contribution in [-0.4, -0.2) is 56.8 Å². The van der Waals surface area contributed by atoms with Crippen LogP contribution in [0.25, 0.3) is 16.2 Å². The van der Waals surface area contributed by atoms with Gasteiger partial charge in [0, 0.05) is 22.4 Å². The molecule has 0 spiro atoms. The summed E-state index contributed by atoms with van der Waals surface area (Å²) in [5, 5.41) is 16.4. The van der Waals surface area contributed by atoms with E-state index < -0.39 is 0 Å². The Kier molecular flexibility index (Phi) is 5.98. The number of imidazole rings is 1. The number of rotatable bonds is 8. The zero-order valence-corrected chi connectivity index (χ0v) is 19.7. The SMILES string of the molecule is COc1cnccc1-c1cn2nc(OCCC3(c4cnno4)CCNCC3C(C)C)sc2n1. The number of ether oxygens (including phenoxy) is 2. The van der Waals surface area contributed by atoms with Gasteiger partial charge in [-0.15, -0.1) is 10.2 Å². The van der Waals surface area contributed by atoms with E-state index in [4.69, 9.17) is 19.0 Å². The largest absolute Gasteiger partial charge is 0.494 e. The predicted octanol–water partition coefficient (Wildman–Crippen LogP) is 3.22. The zero-order chi connectivity index (χ0) is 22.8. The van der Waals surface area contributed by atoms with Crippen molar-refractivity contribution >= 4 is 16.3 Å². The molecule has 10 nitrogen and oxygen atoms in total. The summed E-state index contributed by atoms with van der Waals surface area (Å²) >= 11 is 1.42. The smallest absolute Gasteiger partial charge is 0.294 e. The molecular weight excluding hydrogens is 442 g/mol. The maximum Gasteiger partial charge on any atom is 0.294 e. The number of nitrogens with zero attached hydrogens (tertiary/aromatic N) is 6. The van der Waals surface area contributed by atoms with Crippen molar-refractivity contribution in [3.63, 3.8) is 0 Å². The van der Waals surface area contributed by atoms with Gasteiger partial charge >= 0.3 is 0 Å². The van der Waals surface area contributed by atoms with Crippen LogP contribution in [0, 0.1) is 11.8 Å². The van der Waals surface area contributed by atoms with Crippen molar-refractivity contribution in [2.24, 2.45) is 11.8 Å². The minimum atomic E-state index is -0.161. The Labute approximate surface area is 195 Å². The summed E-state index contributed by atoms with van der Waals surface area (Å²) in [6, 6.07) is 1.88. The molecule has 33 heavy (non-hydrogen) atoms. The van der Waals surface area contributed by atoms with Crippen molar-refractivity contribution in [1.82, 2.24) is 35.3 Å². The van der Waals surface area contributed by atoms with Gasteiger partial charge in [-0.2, -0.15) is 0 Å². The first kappa shape index (κ1) is 21.8. The molecule has 2 unspecified atom stereocenters. The standard InChI is InChI=1S/C22H27N7O3S/c1-14(2)16-10-24-8-5-22(16,19-12-25-28-32-19)6-9-31-21-27-29-13-17(26-20(29)33-21)15-4-7-23-11-18(15)30-3/h4,7,11-14,16,24H,5-6,8-10H2,1-3H3. The molecule has 174 valence electrons. The van der Waals surface area contributed by atoms with Crippen LogP contribution in [0.2, 0.25) is 0 Å². The fourth-order valence-electron chi connectivity index (χ4n) is 4.89. The Balaban J connectivity index is 1.32. The van der Waals surface area contributed by atoms with Gasteiger partial charge in [0.25, 0.3) is 5.19 Å². The van der Waals surface area contributed by atoms with E-state index in [1.807, 2.05) is 12.3 Å². The Morgan fingerprint density at radius 3 is 3.03 bits per heavy atom. The third-order valence-corrected chi connectivity index (χ3v) is 7.39. The predicted molar refractivity (Wildman–Crippen MR) is 123 cm³/mol. The molecule has 11 heteroatoms. The Morgan fingerprint density at radius 2 is 2.27 bits per heavy atom. The number of fused-ring (bicyclic) bond motifs is 1. The van der Waals surface area contributed by atoms with Crippen molar-refractivity contribution < 1.29 is 14.0 Å². The van der Waals surface area contributed by atoms with Gasteiger partial charge in [0.2, 0.25) is 4.96 Å². The Morgan fingerprint density at radius 1 is 1.36 bits per heavy atom. The van der Waals surface area contributed by atoms with Crippen LogP contribution in [0.5, 0.6) is 10.9 Å². The van der Waals surface area contributed by atoms with Crippen molar-refractivity contribution in [2.75, 3.05) is 26.8 Å². The normalized spacial score (nSPS) is 21.0. The molecule has 1 fully saturated rings. The van der Waals surface area contributed by atoms with Gasteiger partial charge in [-0.25, -0.2) is 9.50 Å². The summed E-state index contributed by atoms with van der Waals surface area (Å²) in [5.74, 6) is 2.40. The summed E-state index contributed by atoms with van der Waals surface area (Å²) in [7, 11) is 1.62. The minimum Gasteiger partial charge on any atom is -0.494 e. The van der Waals surface area contributed by atoms with Gasteiger partial charge in [-0.1, -0.05) is 13.8 Å². The lowest BCUT2D eigenvalue weighted by Gasteiger charge is -2.44. The highest BCUT2D eigenvalue weighted by Crippen LogP contribution is 2.44. The average Bonchev–Trinajstić information content (AvgIpc) is 3.56. The van der Waals surface area contributed by atoms with Crippen molar-refractivity contribution in [3.05, 3.63) is 36.6 Å². The summed E-state index contributed by atoms with van der Waals surface area (Å²) < 4.78 is 18.8. The fourth-order valence-corrected chi connectivity index (χ4v) is 5.65. The monoisotopic (exact) mass is 469 g/mol. The molecule has 1 N–H and O–H groups in total. The van der Waals surface area contributed by atoms with Gasteiger partial charge < -0.3 is 19.3 Å². The molecule has 0 radical (unpaired) electrons. The number of hydrogen-bond donors (Lipinski definition) is 1. The van der Waals surface area contributed by atoms with Crippen LogP contribution < -0.4 is 14.8 Å². The van der Waals surface area contributed by atoms with Crippen LogP contribution in [0.4, 0.5) is 0 Å². The first-order valence-corrected chi connectivity index (χ1v) is 11.9. The maximum absolute atomic E-state index is 6.10. The van der Waals surface area contributed by atoms with Crippen LogP contribution in [0.3, 0.4) is 0 Å². The third kappa shape index (κ3) is 4.06. The van der Waals surface area contributed by atoms with Crippen LogP contribution in [-0.2, 0) is 5.41 Å². The van der Waals surface area contributed by atoms with E-state index in [0.29, 0.717) is 29.4 Å². The molecule has 0 amide bonds. The molecular formula is C22H27N7O3S. The van der Waals surface area contributed by atoms with Gasteiger partial charge in [0.1, 0.15) is 5.75 Å². The molecule has 1 aliphatic rings. The molecule has 2 atom stereocenters. The Bertz CT molecular complexity index is 1170. The third-order valence-electron chi connectivity index (χ3n) is 6.56. The van der Waals surface area contributed by atoms with E-state index in [2.05, 4.69) is 39.6 Å². The second-order valence-electron chi connectivity index (χ2n) is 8.64. The van der Waals surface area contributed by atoms with Gasteiger partial charge in [0.05, 0.1) is 38.0 Å². The molecule has 5 rings (SSSR count). The highest BCUT2D eigenvalue weighted by atomic mass is 32.1. The van der Waals surface area contributed by atoms with Crippen LogP contribution >= 0.6 is 11.3 Å². The molecule has 4 aromatic rings. The molecule has 1 aliphatic heterocycles. The van der Waals surface area contributed by atoms with Crippen molar-refractivity contribution in [1.29, 1.82) is 0 Å². The van der Waals surface area contributed by atoms with E-state index in [-0.39, 0.29) is 5.41 Å². The number of methoxy groups -OCH3 is 1. The number of hydrogen-bond acceptors (Lipinski definition) is 10. The van der Waals surface area contributed by atoms with Crippen molar-refractivity contribution in [3.8, 4) is 22.2 Å². The molecule has 5 heterocycles. The van der Waals surface area contributed by atoms with E-state index in [1.165, 1.54) is 11.3 Å². The van der Waals surface area contributed by atoms with Crippen molar-refractivity contribution in [2.45, 2.75) is 32.1 Å². The zero-order valence-electron chi connectivity index (χ0n) is 18.9. The Hall–Kier alpha value is -3.05. The summed E-state index contributed by atoms with van der Waals surface area (Å²) in [6.07, 6.45) is 8.78. The first-order chi connectivity index (χ1) is 16.1. The fraction of sp³-hybridized carbons (Fsp3) is 0.500. The van der Waals surface area contributed by atoms with Gasteiger partial charge in [-0.3, -0.25) is 4.98 Å². The number of nitrogens with one attached hydrogen (secondary N) is 1. The second-order valence-corrected chi connectivity index (χ2v) is 9.56. The summed E-state index contributed by atoms with van der Waals surface area (Å²) in [5.41, 5.74) is 1.50. The quantitative estimate of drug-likeness (QED) is 0.415. The average molecular weight is 470 g/mol. The molecule has 0 bridgehead atoms. The lowest BCUT2D eigenvalue weighted by molar-refractivity contribution is 0.0900. The highest BCUT2D eigenvalue weighted by Gasteiger charge is 2.46. The lowest BCUT2D eigenvalue weighted by atomic mass is 9.63. The van der Waals surface area contributed by atoms with E-state index in [9.17, 15) is 0 Å². The molecule has 0 saturated carbocycles. The molecule has 4 aromatic heterocycles. The van der Waals surface area contributed by atoms with E-state index in [1.54, 1.807) is 30.2 Å². The van der Waals surface area contributed by atoms with Crippen LogP contribution in [0.15, 0.2) is 35.4 Å². The topological polar surface area (TPSA) is 112 Å². The molecule has 0 aliphatic carbocycles. The maximum atomic E-state index is 6.10. The summed E-state index contributed by atoms with van der Waals surface area (Å²) in [4.78, 5) is 9.55. The number of aromatic nitrogens is 6. The lowest BCUT2D eigenvalue weighted by Crippen LogP contribution is -2.50. The first-order valence-electron chi connectivity index (χ1n) is 11.1. The van der Waals surface area contributed by atoms with Crippen LogP contribution in [0.1, 0.15) is 32.4 Å². The summed E-state index contributed by atoms with van der Waals surface area (Å²) in [6.45, 7) is 6.89.